The summed E-state index contributed by atoms with van der Waals surface area (Å²) in [5.74, 6) is -0.772. The smallest absolute Gasteiger partial charge is 0.337 e. The normalized spacial score (nSPS) is 11.2. The molecule has 3 rings (SSSR count). The SMILES string of the molecule is COC(=O)c1ccc(/C=C(\C#N)C(=O)c2c(C)[nH]c3ccccc23)cc1. The summed E-state index contributed by atoms with van der Waals surface area (Å²) in [5, 5.41) is 10.3. The predicted molar refractivity (Wildman–Crippen MR) is 98.7 cm³/mol. The van der Waals surface area contributed by atoms with E-state index in [1.54, 1.807) is 24.3 Å². The molecule has 5 nitrogen and oxygen atoms in total. The Hall–Kier alpha value is -3.65. The molecule has 0 saturated heterocycles. The lowest BCUT2D eigenvalue weighted by Gasteiger charge is -2.02. The van der Waals surface area contributed by atoms with Gasteiger partial charge in [-0.05, 0) is 36.8 Å². The zero-order valence-electron chi connectivity index (χ0n) is 14.4. The summed E-state index contributed by atoms with van der Waals surface area (Å²) in [5.41, 5.74) is 3.16. The lowest BCUT2D eigenvalue weighted by molar-refractivity contribution is 0.0600. The molecule has 0 aliphatic rings. The van der Waals surface area contributed by atoms with E-state index in [4.69, 9.17) is 0 Å². The van der Waals surface area contributed by atoms with Gasteiger partial charge in [-0.25, -0.2) is 4.79 Å². The fraction of sp³-hybridized carbons (Fsp3) is 0.0952. The van der Waals surface area contributed by atoms with Crippen LogP contribution >= 0.6 is 0 Å². The third-order valence-electron chi connectivity index (χ3n) is 4.13. The van der Waals surface area contributed by atoms with Crippen molar-refractivity contribution in [1.82, 2.24) is 4.98 Å². The number of nitrogens with one attached hydrogen (secondary N) is 1. The number of benzene rings is 2. The van der Waals surface area contributed by atoms with Crippen molar-refractivity contribution in [3.8, 4) is 6.07 Å². The van der Waals surface area contributed by atoms with E-state index in [2.05, 4.69) is 9.72 Å². The van der Waals surface area contributed by atoms with Crippen molar-refractivity contribution in [2.45, 2.75) is 6.92 Å². The number of ether oxygens (including phenoxy) is 1. The summed E-state index contributed by atoms with van der Waals surface area (Å²) < 4.78 is 4.66. The zero-order valence-corrected chi connectivity index (χ0v) is 14.4. The number of Topliss-reactive ketones (excluding diaryl/α,β-unsaturated/α-hetero) is 1. The van der Waals surface area contributed by atoms with E-state index in [-0.39, 0.29) is 11.4 Å². The first-order valence-electron chi connectivity index (χ1n) is 7.97. The fourth-order valence-corrected chi connectivity index (χ4v) is 2.85. The number of rotatable bonds is 4. The molecule has 26 heavy (non-hydrogen) atoms. The summed E-state index contributed by atoms with van der Waals surface area (Å²) in [6.07, 6.45) is 1.52. The minimum absolute atomic E-state index is 0.0312. The first-order valence-corrected chi connectivity index (χ1v) is 7.97. The molecule has 0 fully saturated rings. The van der Waals surface area contributed by atoms with Gasteiger partial charge in [0, 0.05) is 16.6 Å². The van der Waals surface area contributed by atoms with Crippen LogP contribution in [0.2, 0.25) is 0 Å². The number of aromatic amines is 1. The van der Waals surface area contributed by atoms with Crippen LogP contribution in [-0.4, -0.2) is 23.8 Å². The molecule has 1 aromatic heterocycles. The van der Waals surface area contributed by atoms with Crippen molar-refractivity contribution in [2.75, 3.05) is 7.11 Å². The Kier molecular flexibility index (Phi) is 4.68. The number of ketones is 1. The number of nitrogens with zero attached hydrogens (tertiary/aromatic N) is 1. The quantitative estimate of drug-likeness (QED) is 0.335. The van der Waals surface area contributed by atoms with Gasteiger partial charge in [-0.15, -0.1) is 0 Å². The van der Waals surface area contributed by atoms with Gasteiger partial charge in [0.2, 0.25) is 5.78 Å². The zero-order chi connectivity index (χ0) is 18.7. The Morgan fingerprint density at radius 1 is 1.12 bits per heavy atom. The molecule has 0 spiro atoms. The van der Waals surface area contributed by atoms with Crippen LogP contribution < -0.4 is 0 Å². The summed E-state index contributed by atoms with van der Waals surface area (Å²) in [6, 6.07) is 16.0. The van der Waals surface area contributed by atoms with Gasteiger partial charge < -0.3 is 9.72 Å². The number of aryl methyl sites for hydroxylation is 1. The van der Waals surface area contributed by atoms with E-state index < -0.39 is 5.97 Å². The number of esters is 1. The number of aromatic nitrogens is 1. The first kappa shape index (κ1) is 17.2. The monoisotopic (exact) mass is 344 g/mol. The van der Waals surface area contributed by atoms with Crippen LogP contribution in [0.15, 0.2) is 54.1 Å². The highest BCUT2D eigenvalue weighted by Crippen LogP contribution is 2.25. The summed E-state index contributed by atoms with van der Waals surface area (Å²) >= 11 is 0. The highest BCUT2D eigenvalue weighted by Gasteiger charge is 2.19. The van der Waals surface area contributed by atoms with Crippen LogP contribution in [0.5, 0.6) is 0 Å². The minimum Gasteiger partial charge on any atom is -0.465 e. The van der Waals surface area contributed by atoms with E-state index in [9.17, 15) is 14.9 Å². The third kappa shape index (κ3) is 3.13. The second kappa shape index (κ2) is 7.08. The van der Waals surface area contributed by atoms with E-state index in [1.807, 2.05) is 37.3 Å². The maximum absolute atomic E-state index is 12.9. The van der Waals surface area contributed by atoms with Crippen molar-refractivity contribution < 1.29 is 14.3 Å². The molecule has 0 bridgehead atoms. The number of hydrogen-bond acceptors (Lipinski definition) is 4. The van der Waals surface area contributed by atoms with Gasteiger partial charge in [-0.3, -0.25) is 4.79 Å². The average Bonchev–Trinajstić information content (AvgIpc) is 3.01. The molecule has 5 heteroatoms. The maximum atomic E-state index is 12.9. The Labute approximate surface area is 150 Å². The number of H-pyrrole nitrogens is 1. The number of fused-ring (bicyclic) bond motifs is 1. The van der Waals surface area contributed by atoms with Crippen LogP contribution in [-0.2, 0) is 4.74 Å². The summed E-state index contributed by atoms with van der Waals surface area (Å²) in [6.45, 7) is 1.81. The molecule has 0 radical (unpaired) electrons. The fourth-order valence-electron chi connectivity index (χ4n) is 2.85. The highest BCUT2D eigenvalue weighted by molar-refractivity contribution is 6.20. The number of nitriles is 1. The first-order chi connectivity index (χ1) is 12.5. The standard InChI is InChI=1S/C21H16N2O3/c1-13-19(17-5-3-4-6-18(17)23-13)20(24)16(12-22)11-14-7-9-15(10-8-14)21(25)26-2/h3-11,23H,1-2H3/b16-11+. The highest BCUT2D eigenvalue weighted by atomic mass is 16.5. The lowest BCUT2D eigenvalue weighted by Crippen LogP contribution is -2.03. The van der Waals surface area contributed by atoms with E-state index in [0.29, 0.717) is 16.7 Å². The predicted octanol–water partition coefficient (Wildman–Crippen LogP) is 4.05. The van der Waals surface area contributed by atoms with Gasteiger partial charge in [0.15, 0.2) is 0 Å². The van der Waals surface area contributed by atoms with E-state index >= 15 is 0 Å². The van der Waals surface area contributed by atoms with Gasteiger partial charge in [0.25, 0.3) is 0 Å². The molecular formula is C21H16N2O3. The van der Waals surface area contributed by atoms with E-state index in [1.165, 1.54) is 13.2 Å². The van der Waals surface area contributed by atoms with Crippen LogP contribution in [0.25, 0.3) is 17.0 Å². The Morgan fingerprint density at radius 3 is 2.46 bits per heavy atom. The molecule has 2 aromatic carbocycles. The van der Waals surface area contributed by atoms with Crippen LogP contribution in [0, 0.1) is 18.3 Å². The molecule has 0 aliphatic heterocycles. The summed E-state index contributed by atoms with van der Waals surface area (Å²) in [4.78, 5) is 27.6. The molecule has 0 unspecified atom stereocenters. The molecule has 0 aliphatic carbocycles. The number of hydrogen-bond donors (Lipinski definition) is 1. The van der Waals surface area contributed by atoms with Crippen molar-refractivity contribution in [3.05, 3.63) is 76.5 Å². The summed E-state index contributed by atoms with van der Waals surface area (Å²) in [7, 11) is 1.31. The topological polar surface area (TPSA) is 82.9 Å². The number of carbonyl (C=O) groups is 2. The Bertz CT molecular complexity index is 1070. The van der Waals surface area contributed by atoms with Crippen molar-refractivity contribution in [3.63, 3.8) is 0 Å². The number of methoxy groups -OCH3 is 1. The van der Waals surface area contributed by atoms with Crippen LogP contribution in [0.3, 0.4) is 0 Å². The second-order valence-electron chi connectivity index (χ2n) is 5.78. The van der Waals surface area contributed by atoms with Crippen molar-refractivity contribution in [2.24, 2.45) is 0 Å². The molecule has 128 valence electrons. The molecule has 1 heterocycles. The van der Waals surface area contributed by atoms with Gasteiger partial charge in [-0.2, -0.15) is 5.26 Å². The third-order valence-corrected chi connectivity index (χ3v) is 4.13. The largest absolute Gasteiger partial charge is 0.465 e. The van der Waals surface area contributed by atoms with Gasteiger partial charge in [-0.1, -0.05) is 30.3 Å². The second-order valence-corrected chi connectivity index (χ2v) is 5.78. The molecular weight excluding hydrogens is 328 g/mol. The lowest BCUT2D eigenvalue weighted by atomic mass is 9.99. The van der Waals surface area contributed by atoms with Crippen LogP contribution in [0.4, 0.5) is 0 Å². The minimum atomic E-state index is -0.438. The van der Waals surface area contributed by atoms with Gasteiger partial charge in [0.05, 0.1) is 18.2 Å². The van der Waals surface area contributed by atoms with Gasteiger partial charge >= 0.3 is 5.97 Å². The average molecular weight is 344 g/mol. The molecule has 1 N–H and O–H groups in total. The van der Waals surface area contributed by atoms with Gasteiger partial charge in [0.1, 0.15) is 11.6 Å². The molecule has 0 saturated carbocycles. The van der Waals surface area contributed by atoms with Crippen LogP contribution in [0.1, 0.15) is 32.0 Å². The molecule has 0 amide bonds. The molecule has 0 atom stereocenters. The molecule has 3 aromatic rings. The maximum Gasteiger partial charge on any atom is 0.337 e. The number of para-hydroxylation sites is 1. The Morgan fingerprint density at radius 2 is 1.81 bits per heavy atom. The van der Waals surface area contributed by atoms with E-state index in [0.717, 1.165) is 16.6 Å². The van der Waals surface area contributed by atoms with Crippen molar-refractivity contribution >= 4 is 28.7 Å². The van der Waals surface area contributed by atoms with Crippen molar-refractivity contribution in [1.29, 1.82) is 5.26 Å². The Balaban J connectivity index is 1.99. The number of carbonyl (C=O) groups excluding carboxylic acids is 2. The number of allylic oxidation sites excluding steroid dienone is 1.